The SMILES string of the molecule is Fc1cccc(-c2ccc(CN3CCn4c(nnc4[C@@H]4CCCN4)C3)cc2)c1. The van der Waals surface area contributed by atoms with Crippen molar-refractivity contribution in [1.82, 2.24) is 25.0 Å². The van der Waals surface area contributed by atoms with E-state index in [1.807, 2.05) is 6.07 Å². The highest BCUT2D eigenvalue weighted by Gasteiger charge is 2.27. The number of hydrogen-bond donors (Lipinski definition) is 1. The molecule has 0 aliphatic carbocycles. The van der Waals surface area contributed by atoms with Crippen LogP contribution in [-0.2, 0) is 19.6 Å². The Hall–Kier alpha value is -2.57. The third kappa shape index (κ3) is 3.45. The smallest absolute Gasteiger partial charge is 0.150 e. The first kappa shape index (κ1) is 17.5. The van der Waals surface area contributed by atoms with E-state index in [1.165, 1.54) is 18.1 Å². The summed E-state index contributed by atoms with van der Waals surface area (Å²) in [4.78, 5) is 2.41. The average molecular weight is 377 g/mol. The van der Waals surface area contributed by atoms with E-state index in [0.29, 0.717) is 6.04 Å². The van der Waals surface area contributed by atoms with Crippen molar-refractivity contribution in [3.63, 3.8) is 0 Å². The molecule has 6 heteroatoms. The lowest BCUT2D eigenvalue weighted by Crippen LogP contribution is -2.34. The Balaban J connectivity index is 1.26. The second kappa shape index (κ2) is 7.45. The van der Waals surface area contributed by atoms with Crippen LogP contribution in [0, 0.1) is 5.82 Å². The molecule has 0 amide bonds. The molecule has 1 saturated heterocycles. The van der Waals surface area contributed by atoms with Gasteiger partial charge in [0.2, 0.25) is 0 Å². The molecule has 0 saturated carbocycles. The maximum Gasteiger partial charge on any atom is 0.150 e. The van der Waals surface area contributed by atoms with Gasteiger partial charge in [0.1, 0.15) is 17.5 Å². The van der Waals surface area contributed by atoms with Gasteiger partial charge in [0, 0.05) is 19.6 Å². The summed E-state index contributed by atoms with van der Waals surface area (Å²) in [5.41, 5.74) is 3.20. The number of halogens is 1. The second-order valence-electron chi connectivity index (χ2n) is 7.69. The van der Waals surface area contributed by atoms with Crippen molar-refractivity contribution in [2.75, 3.05) is 13.1 Å². The van der Waals surface area contributed by atoms with Crippen molar-refractivity contribution in [1.29, 1.82) is 0 Å². The van der Waals surface area contributed by atoms with E-state index in [9.17, 15) is 4.39 Å². The zero-order chi connectivity index (χ0) is 18.9. The third-order valence-electron chi connectivity index (χ3n) is 5.75. The molecule has 3 aromatic rings. The van der Waals surface area contributed by atoms with Crippen molar-refractivity contribution >= 4 is 0 Å². The van der Waals surface area contributed by atoms with Crippen LogP contribution >= 0.6 is 0 Å². The summed E-state index contributed by atoms with van der Waals surface area (Å²) >= 11 is 0. The predicted octanol–water partition coefficient (Wildman–Crippen LogP) is 3.52. The van der Waals surface area contributed by atoms with Crippen molar-refractivity contribution in [2.24, 2.45) is 0 Å². The molecule has 0 spiro atoms. The fraction of sp³-hybridized carbons (Fsp3) is 0.364. The first-order chi connectivity index (χ1) is 13.8. The molecule has 2 aliphatic rings. The molecular formula is C22H24FN5. The topological polar surface area (TPSA) is 46.0 Å². The zero-order valence-electron chi connectivity index (χ0n) is 15.8. The Morgan fingerprint density at radius 3 is 2.71 bits per heavy atom. The van der Waals surface area contributed by atoms with Gasteiger partial charge in [0.15, 0.2) is 0 Å². The number of rotatable bonds is 4. The van der Waals surface area contributed by atoms with Crippen LogP contribution in [0.3, 0.4) is 0 Å². The number of nitrogens with zero attached hydrogens (tertiary/aromatic N) is 4. The molecule has 1 fully saturated rings. The molecule has 2 aromatic carbocycles. The minimum atomic E-state index is -0.203. The highest BCUT2D eigenvalue weighted by atomic mass is 19.1. The highest BCUT2D eigenvalue weighted by molar-refractivity contribution is 5.63. The molecule has 2 aliphatic heterocycles. The molecule has 0 radical (unpaired) electrons. The van der Waals surface area contributed by atoms with Crippen LogP contribution in [0.25, 0.3) is 11.1 Å². The Labute approximate surface area is 164 Å². The molecule has 28 heavy (non-hydrogen) atoms. The Morgan fingerprint density at radius 1 is 1.04 bits per heavy atom. The van der Waals surface area contributed by atoms with Gasteiger partial charge in [-0.05, 0) is 48.2 Å². The summed E-state index contributed by atoms with van der Waals surface area (Å²) in [6, 6.07) is 15.5. The van der Waals surface area contributed by atoms with Gasteiger partial charge in [-0.3, -0.25) is 4.90 Å². The second-order valence-corrected chi connectivity index (χ2v) is 7.69. The molecule has 0 unspecified atom stereocenters. The standard InChI is InChI=1S/C22H24FN5/c23-19-4-1-3-18(13-19)17-8-6-16(7-9-17)14-27-11-12-28-21(15-27)25-26-22(28)20-5-2-10-24-20/h1,3-4,6-9,13,20,24H,2,5,10-12,14-15H2/t20-/m0/s1. The van der Waals surface area contributed by atoms with Gasteiger partial charge in [-0.1, -0.05) is 36.4 Å². The fourth-order valence-corrected chi connectivity index (χ4v) is 4.26. The summed E-state index contributed by atoms with van der Waals surface area (Å²) in [5.74, 6) is 1.96. The molecular weight excluding hydrogens is 353 g/mol. The molecule has 3 heterocycles. The van der Waals surface area contributed by atoms with Gasteiger partial charge in [-0.25, -0.2) is 4.39 Å². The maximum absolute atomic E-state index is 13.4. The zero-order valence-corrected chi connectivity index (χ0v) is 15.8. The normalized spacial score (nSPS) is 19.7. The van der Waals surface area contributed by atoms with E-state index in [2.05, 4.69) is 49.2 Å². The molecule has 1 atom stereocenters. The van der Waals surface area contributed by atoms with E-state index < -0.39 is 0 Å². The van der Waals surface area contributed by atoms with Crippen molar-refractivity contribution < 1.29 is 4.39 Å². The van der Waals surface area contributed by atoms with E-state index in [1.54, 1.807) is 12.1 Å². The molecule has 5 rings (SSSR count). The predicted molar refractivity (Wildman–Crippen MR) is 106 cm³/mol. The number of benzene rings is 2. The summed E-state index contributed by atoms with van der Waals surface area (Å²) in [6.45, 7) is 4.72. The molecule has 1 N–H and O–H groups in total. The van der Waals surface area contributed by atoms with Crippen molar-refractivity contribution in [3.8, 4) is 11.1 Å². The monoisotopic (exact) mass is 377 g/mol. The summed E-state index contributed by atoms with van der Waals surface area (Å²) in [6.07, 6.45) is 2.37. The number of fused-ring (bicyclic) bond motifs is 1. The van der Waals surface area contributed by atoms with Gasteiger partial charge < -0.3 is 9.88 Å². The van der Waals surface area contributed by atoms with Crippen molar-refractivity contribution in [3.05, 3.63) is 71.6 Å². The lowest BCUT2D eigenvalue weighted by molar-refractivity contribution is 0.206. The van der Waals surface area contributed by atoms with Crippen LogP contribution in [0.15, 0.2) is 48.5 Å². The van der Waals surface area contributed by atoms with Crippen LogP contribution in [0.2, 0.25) is 0 Å². The van der Waals surface area contributed by atoms with E-state index in [-0.39, 0.29) is 5.82 Å². The quantitative estimate of drug-likeness (QED) is 0.756. The van der Waals surface area contributed by atoms with Gasteiger partial charge in [0.25, 0.3) is 0 Å². The van der Waals surface area contributed by atoms with Crippen LogP contribution in [0.4, 0.5) is 4.39 Å². The number of hydrogen-bond acceptors (Lipinski definition) is 4. The summed E-state index contributed by atoms with van der Waals surface area (Å²) < 4.78 is 15.7. The van der Waals surface area contributed by atoms with Crippen LogP contribution in [0.1, 0.15) is 36.1 Å². The lowest BCUT2D eigenvalue weighted by atomic mass is 10.0. The Kier molecular flexibility index (Phi) is 4.66. The van der Waals surface area contributed by atoms with Crippen LogP contribution in [-0.4, -0.2) is 32.8 Å². The first-order valence-corrected chi connectivity index (χ1v) is 9.99. The third-order valence-corrected chi connectivity index (χ3v) is 5.75. The minimum Gasteiger partial charge on any atom is -0.311 e. The number of aromatic nitrogens is 3. The highest BCUT2D eigenvalue weighted by Crippen LogP contribution is 2.25. The van der Waals surface area contributed by atoms with Crippen LogP contribution < -0.4 is 5.32 Å². The largest absolute Gasteiger partial charge is 0.311 e. The first-order valence-electron chi connectivity index (χ1n) is 9.99. The van der Waals surface area contributed by atoms with Crippen molar-refractivity contribution in [2.45, 2.75) is 38.5 Å². The van der Waals surface area contributed by atoms with Gasteiger partial charge in [-0.15, -0.1) is 10.2 Å². The van der Waals surface area contributed by atoms with E-state index >= 15 is 0 Å². The van der Waals surface area contributed by atoms with Gasteiger partial charge in [0.05, 0.1) is 12.6 Å². The molecule has 144 valence electrons. The molecule has 0 bridgehead atoms. The van der Waals surface area contributed by atoms with E-state index in [4.69, 9.17) is 0 Å². The Morgan fingerprint density at radius 2 is 1.93 bits per heavy atom. The minimum absolute atomic E-state index is 0.203. The molecule has 5 nitrogen and oxygen atoms in total. The van der Waals surface area contributed by atoms with Gasteiger partial charge >= 0.3 is 0 Å². The summed E-state index contributed by atoms with van der Waals surface area (Å²) in [7, 11) is 0. The average Bonchev–Trinajstić information content (AvgIpc) is 3.38. The fourth-order valence-electron chi connectivity index (χ4n) is 4.26. The maximum atomic E-state index is 13.4. The van der Waals surface area contributed by atoms with Gasteiger partial charge in [-0.2, -0.15) is 0 Å². The number of nitrogens with one attached hydrogen (secondary N) is 1. The summed E-state index contributed by atoms with van der Waals surface area (Å²) in [5, 5.41) is 12.4. The molecule has 1 aromatic heterocycles. The lowest BCUT2D eigenvalue weighted by Gasteiger charge is -2.28. The Bertz CT molecular complexity index is 959. The van der Waals surface area contributed by atoms with Crippen LogP contribution in [0.5, 0.6) is 0 Å². The van der Waals surface area contributed by atoms with E-state index in [0.717, 1.165) is 61.9 Å².